The Hall–Kier alpha value is -1.81. The molecule has 2 heterocycles. The first-order valence-electron chi connectivity index (χ1n) is 9.08. The Balaban J connectivity index is 1.84. The standard InChI is InChI=1S/C22H20Cl2O3/c1-3-12-8-13(14-9-15(23)11-16(24)10-14)4-5-17(12)19-20(25)18-6-7-22(2,27-18)21(19)26/h4-5,8-11,18,26H,3,6-7H2,1-2H3/t18-,22+/m0/s1. The number of benzene rings is 2. The van der Waals surface area contributed by atoms with Gasteiger partial charge in [0.15, 0.2) is 5.78 Å². The predicted octanol–water partition coefficient (Wildman–Crippen LogP) is 6.01. The summed E-state index contributed by atoms with van der Waals surface area (Å²) in [5.74, 6) is -0.0785. The molecule has 2 aromatic rings. The van der Waals surface area contributed by atoms with Crippen LogP contribution in [0, 0.1) is 0 Å². The van der Waals surface area contributed by atoms with Crippen LogP contribution in [0.25, 0.3) is 16.7 Å². The summed E-state index contributed by atoms with van der Waals surface area (Å²) >= 11 is 12.3. The number of aliphatic hydroxyl groups excluding tert-OH is 1. The number of fused-ring (bicyclic) bond motifs is 2. The van der Waals surface area contributed by atoms with Crippen LogP contribution in [-0.2, 0) is 16.0 Å². The predicted molar refractivity (Wildman–Crippen MR) is 108 cm³/mol. The van der Waals surface area contributed by atoms with Crippen molar-refractivity contribution in [1.82, 2.24) is 0 Å². The van der Waals surface area contributed by atoms with Gasteiger partial charge >= 0.3 is 0 Å². The lowest BCUT2D eigenvalue weighted by atomic mass is 9.87. The second-order valence-corrected chi connectivity index (χ2v) is 8.22. The average Bonchev–Trinajstić information content (AvgIpc) is 3.01. The number of ether oxygens (including phenoxy) is 1. The van der Waals surface area contributed by atoms with E-state index in [4.69, 9.17) is 27.9 Å². The number of hydrogen-bond donors (Lipinski definition) is 1. The smallest absolute Gasteiger partial charge is 0.195 e. The zero-order valence-corrected chi connectivity index (χ0v) is 16.7. The summed E-state index contributed by atoms with van der Waals surface area (Å²) in [7, 11) is 0. The van der Waals surface area contributed by atoms with E-state index in [1.54, 1.807) is 6.07 Å². The highest BCUT2D eigenvalue weighted by atomic mass is 35.5. The summed E-state index contributed by atoms with van der Waals surface area (Å²) in [6, 6.07) is 11.3. The van der Waals surface area contributed by atoms with Gasteiger partial charge in [0.25, 0.3) is 0 Å². The van der Waals surface area contributed by atoms with Crippen LogP contribution in [0.5, 0.6) is 0 Å². The highest BCUT2D eigenvalue weighted by Gasteiger charge is 2.50. The molecule has 2 bridgehead atoms. The van der Waals surface area contributed by atoms with Gasteiger partial charge in [0.1, 0.15) is 17.5 Å². The van der Waals surface area contributed by atoms with Gasteiger partial charge < -0.3 is 9.84 Å². The highest BCUT2D eigenvalue weighted by molar-refractivity contribution is 6.35. The number of aryl methyl sites for hydroxylation is 1. The number of halogens is 2. The molecule has 0 spiro atoms. The van der Waals surface area contributed by atoms with Gasteiger partial charge in [-0.05, 0) is 66.6 Å². The van der Waals surface area contributed by atoms with Crippen LogP contribution >= 0.6 is 23.2 Å². The Morgan fingerprint density at radius 1 is 1.15 bits per heavy atom. The van der Waals surface area contributed by atoms with E-state index in [-0.39, 0.29) is 11.5 Å². The molecule has 4 rings (SSSR count). The molecule has 0 saturated carbocycles. The van der Waals surface area contributed by atoms with Gasteiger partial charge in [-0.15, -0.1) is 0 Å². The fraction of sp³-hybridized carbons (Fsp3) is 0.318. The van der Waals surface area contributed by atoms with Crippen LogP contribution in [0.4, 0.5) is 0 Å². The molecule has 0 unspecified atom stereocenters. The van der Waals surface area contributed by atoms with Crippen LogP contribution < -0.4 is 0 Å². The number of rotatable bonds is 3. The lowest BCUT2D eigenvalue weighted by molar-refractivity contribution is -0.130. The number of ketones is 1. The summed E-state index contributed by atoms with van der Waals surface area (Å²) in [6.45, 7) is 3.88. The fourth-order valence-electron chi connectivity index (χ4n) is 4.03. The van der Waals surface area contributed by atoms with E-state index in [2.05, 4.69) is 0 Å². The SMILES string of the molecule is CCc1cc(-c2cc(Cl)cc(Cl)c2)ccc1C1=C(O)[C@@]2(C)CC[C@H](O2)C1=O. The molecule has 0 radical (unpaired) electrons. The minimum atomic E-state index is -0.766. The average molecular weight is 403 g/mol. The first kappa shape index (κ1) is 18.5. The quantitative estimate of drug-likeness (QED) is 0.683. The summed E-state index contributed by atoms with van der Waals surface area (Å²) in [5, 5.41) is 12.0. The Kier molecular flexibility index (Phi) is 4.58. The molecule has 27 heavy (non-hydrogen) atoms. The maximum absolute atomic E-state index is 12.9. The van der Waals surface area contributed by atoms with Gasteiger partial charge in [0.05, 0.1) is 5.57 Å². The van der Waals surface area contributed by atoms with E-state index in [0.717, 1.165) is 28.7 Å². The molecule has 1 saturated heterocycles. The molecule has 2 aliphatic heterocycles. The summed E-state index contributed by atoms with van der Waals surface area (Å²) in [6.07, 6.45) is 1.56. The summed E-state index contributed by atoms with van der Waals surface area (Å²) in [4.78, 5) is 12.9. The third kappa shape index (κ3) is 3.08. The maximum atomic E-state index is 12.9. The normalized spacial score (nSPS) is 24.6. The molecule has 2 aliphatic rings. The Morgan fingerprint density at radius 2 is 1.85 bits per heavy atom. The molecule has 2 aromatic carbocycles. The van der Waals surface area contributed by atoms with Gasteiger partial charge in [-0.25, -0.2) is 0 Å². The molecule has 0 aliphatic carbocycles. The fourth-order valence-corrected chi connectivity index (χ4v) is 4.56. The molecule has 1 N–H and O–H groups in total. The Morgan fingerprint density at radius 3 is 2.52 bits per heavy atom. The molecular formula is C22H20Cl2O3. The van der Waals surface area contributed by atoms with Crippen molar-refractivity contribution < 1.29 is 14.6 Å². The molecule has 0 amide bonds. The highest BCUT2D eigenvalue weighted by Crippen LogP contribution is 2.45. The Bertz CT molecular complexity index is 959. The zero-order valence-electron chi connectivity index (χ0n) is 15.2. The third-order valence-electron chi connectivity index (χ3n) is 5.51. The summed E-state index contributed by atoms with van der Waals surface area (Å²) < 4.78 is 5.77. The number of carbonyl (C=O) groups is 1. The van der Waals surface area contributed by atoms with E-state index >= 15 is 0 Å². The number of hydrogen-bond acceptors (Lipinski definition) is 3. The van der Waals surface area contributed by atoms with Crippen molar-refractivity contribution in [3.05, 3.63) is 63.3 Å². The second kappa shape index (κ2) is 6.66. The first-order chi connectivity index (χ1) is 12.8. The van der Waals surface area contributed by atoms with Crippen molar-refractivity contribution in [3.8, 4) is 11.1 Å². The molecular weight excluding hydrogens is 383 g/mol. The van der Waals surface area contributed by atoms with Crippen molar-refractivity contribution in [1.29, 1.82) is 0 Å². The van der Waals surface area contributed by atoms with E-state index < -0.39 is 11.7 Å². The van der Waals surface area contributed by atoms with Gasteiger partial charge in [-0.2, -0.15) is 0 Å². The molecule has 1 fully saturated rings. The monoisotopic (exact) mass is 402 g/mol. The number of aliphatic hydroxyl groups is 1. The van der Waals surface area contributed by atoms with Crippen molar-refractivity contribution >= 4 is 34.6 Å². The number of carbonyl (C=O) groups excluding carboxylic acids is 1. The molecule has 140 valence electrons. The number of Topliss-reactive ketones (excluding diaryl/α,β-unsaturated/α-hetero) is 1. The third-order valence-corrected chi connectivity index (χ3v) is 5.95. The minimum absolute atomic E-state index is 0.0505. The van der Waals surface area contributed by atoms with Crippen molar-refractivity contribution in [3.63, 3.8) is 0 Å². The zero-order chi connectivity index (χ0) is 19.3. The van der Waals surface area contributed by atoms with Crippen LogP contribution in [0.15, 0.2) is 42.2 Å². The van der Waals surface area contributed by atoms with Crippen molar-refractivity contribution in [2.75, 3.05) is 0 Å². The van der Waals surface area contributed by atoms with Crippen molar-refractivity contribution in [2.45, 2.75) is 44.8 Å². The van der Waals surface area contributed by atoms with E-state index in [0.29, 0.717) is 28.5 Å². The van der Waals surface area contributed by atoms with Crippen LogP contribution in [0.2, 0.25) is 10.0 Å². The minimum Gasteiger partial charge on any atom is -0.508 e. The van der Waals surface area contributed by atoms with E-state index in [1.165, 1.54) is 0 Å². The molecule has 0 aromatic heterocycles. The van der Waals surface area contributed by atoms with Crippen LogP contribution in [0.3, 0.4) is 0 Å². The largest absolute Gasteiger partial charge is 0.508 e. The summed E-state index contributed by atoms with van der Waals surface area (Å²) in [5.41, 5.74) is 3.28. The molecule has 5 heteroatoms. The van der Waals surface area contributed by atoms with Gasteiger partial charge in [0.2, 0.25) is 0 Å². The van der Waals surface area contributed by atoms with Crippen LogP contribution in [0.1, 0.15) is 37.8 Å². The topological polar surface area (TPSA) is 46.5 Å². The first-order valence-corrected chi connectivity index (χ1v) is 9.83. The lowest BCUT2D eigenvalue weighted by Crippen LogP contribution is -2.37. The van der Waals surface area contributed by atoms with Crippen LogP contribution in [-0.4, -0.2) is 22.6 Å². The van der Waals surface area contributed by atoms with Gasteiger partial charge in [0, 0.05) is 10.0 Å². The molecule has 3 nitrogen and oxygen atoms in total. The molecule has 2 atom stereocenters. The maximum Gasteiger partial charge on any atom is 0.195 e. The lowest BCUT2D eigenvalue weighted by Gasteiger charge is -2.31. The second-order valence-electron chi connectivity index (χ2n) is 7.35. The van der Waals surface area contributed by atoms with E-state index in [1.807, 2.05) is 44.2 Å². The Labute approximate surface area is 168 Å². The van der Waals surface area contributed by atoms with Gasteiger partial charge in [-0.3, -0.25) is 4.79 Å². The van der Waals surface area contributed by atoms with E-state index in [9.17, 15) is 9.90 Å². The van der Waals surface area contributed by atoms with Gasteiger partial charge in [-0.1, -0.05) is 48.3 Å². The van der Waals surface area contributed by atoms with Crippen molar-refractivity contribution in [2.24, 2.45) is 0 Å².